The minimum Gasteiger partial charge on any atom is -0.385 e. The summed E-state index contributed by atoms with van der Waals surface area (Å²) in [5.41, 5.74) is 3.02. The summed E-state index contributed by atoms with van der Waals surface area (Å²) >= 11 is 0. The van der Waals surface area contributed by atoms with E-state index in [2.05, 4.69) is 12.2 Å². The molecule has 0 aromatic heterocycles. The lowest BCUT2D eigenvalue weighted by Gasteiger charge is -2.19. The maximum Gasteiger partial charge on any atom is 0.253 e. The first-order valence-electron chi connectivity index (χ1n) is 6.77. The minimum absolute atomic E-state index is 0.116. The Labute approximate surface area is 110 Å². The maximum absolute atomic E-state index is 12.2. The molecule has 1 aromatic rings. The first-order chi connectivity index (χ1) is 8.63. The molecule has 1 amide bonds. The molecule has 0 saturated carbocycles. The average molecular weight is 248 g/mol. The molecule has 1 N–H and O–H groups in total. The third-order valence-corrected chi connectivity index (χ3v) is 3.09. The van der Waals surface area contributed by atoms with E-state index in [4.69, 9.17) is 0 Å². The van der Waals surface area contributed by atoms with Gasteiger partial charge in [-0.1, -0.05) is 6.92 Å². The molecule has 0 aliphatic rings. The van der Waals surface area contributed by atoms with Gasteiger partial charge < -0.3 is 10.2 Å². The van der Waals surface area contributed by atoms with Gasteiger partial charge >= 0.3 is 0 Å². The van der Waals surface area contributed by atoms with E-state index in [0.717, 1.165) is 42.9 Å². The van der Waals surface area contributed by atoms with E-state index < -0.39 is 0 Å². The van der Waals surface area contributed by atoms with Gasteiger partial charge in [0, 0.05) is 30.9 Å². The number of aryl methyl sites for hydroxylation is 1. The van der Waals surface area contributed by atoms with Crippen molar-refractivity contribution in [2.24, 2.45) is 0 Å². The van der Waals surface area contributed by atoms with Gasteiger partial charge in [0.2, 0.25) is 0 Å². The summed E-state index contributed by atoms with van der Waals surface area (Å²) in [6, 6.07) is 5.88. The second kappa shape index (κ2) is 7.04. The topological polar surface area (TPSA) is 32.3 Å². The van der Waals surface area contributed by atoms with Crippen molar-refractivity contribution in [1.82, 2.24) is 4.90 Å². The highest BCUT2D eigenvalue weighted by Gasteiger charge is 2.13. The Balaban J connectivity index is 2.86. The van der Waals surface area contributed by atoms with Crippen molar-refractivity contribution in [3.8, 4) is 0 Å². The Morgan fingerprint density at radius 2 is 1.89 bits per heavy atom. The predicted molar refractivity (Wildman–Crippen MR) is 77.2 cm³/mol. The molecule has 1 aromatic carbocycles. The van der Waals surface area contributed by atoms with E-state index in [-0.39, 0.29) is 5.91 Å². The number of anilines is 1. The van der Waals surface area contributed by atoms with Gasteiger partial charge in [-0.25, -0.2) is 0 Å². The van der Waals surface area contributed by atoms with Gasteiger partial charge in [-0.15, -0.1) is 0 Å². The molecule has 0 fully saturated rings. The standard InChI is InChI=1S/C15H24N2O/c1-5-10-16-14-9-8-13(11-12(14)4)15(18)17(6-2)7-3/h8-9,11,16H,5-7,10H2,1-4H3. The highest BCUT2D eigenvalue weighted by molar-refractivity contribution is 5.94. The number of amides is 1. The second-order valence-corrected chi connectivity index (χ2v) is 4.43. The van der Waals surface area contributed by atoms with Crippen LogP contribution in [-0.4, -0.2) is 30.4 Å². The molecule has 18 heavy (non-hydrogen) atoms. The number of carbonyl (C=O) groups excluding carboxylic acids is 1. The van der Waals surface area contributed by atoms with Crippen LogP contribution >= 0.6 is 0 Å². The lowest BCUT2D eigenvalue weighted by molar-refractivity contribution is 0.0773. The van der Waals surface area contributed by atoms with Crippen LogP contribution < -0.4 is 5.32 Å². The van der Waals surface area contributed by atoms with Crippen LogP contribution in [0, 0.1) is 6.92 Å². The zero-order valence-electron chi connectivity index (χ0n) is 11.9. The SMILES string of the molecule is CCCNc1ccc(C(=O)N(CC)CC)cc1C. The molecule has 0 radical (unpaired) electrons. The van der Waals surface area contributed by atoms with Gasteiger partial charge in [-0.05, 0) is 51.0 Å². The van der Waals surface area contributed by atoms with Gasteiger partial charge in [0.1, 0.15) is 0 Å². The molecule has 0 saturated heterocycles. The molecule has 0 bridgehead atoms. The summed E-state index contributed by atoms with van der Waals surface area (Å²) in [4.78, 5) is 14.0. The summed E-state index contributed by atoms with van der Waals surface area (Å²) in [5.74, 6) is 0.116. The zero-order valence-corrected chi connectivity index (χ0v) is 11.9. The van der Waals surface area contributed by atoms with Crippen molar-refractivity contribution in [2.75, 3.05) is 25.0 Å². The molecule has 100 valence electrons. The average Bonchev–Trinajstić information content (AvgIpc) is 2.38. The van der Waals surface area contributed by atoms with Crippen molar-refractivity contribution in [2.45, 2.75) is 34.1 Å². The summed E-state index contributed by atoms with van der Waals surface area (Å²) in [6.45, 7) is 10.7. The second-order valence-electron chi connectivity index (χ2n) is 4.43. The van der Waals surface area contributed by atoms with Gasteiger partial charge in [-0.2, -0.15) is 0 Å². The van der Waals surface area contributed by atoms with Gasteiger partial charge in [0.25, 0.3) is 5.91 Å². The fourth-order valence-electron chi connectivity index (χ4n) is 1.95. The molecule has 3 nitrogen and oxygen atoms in total. The van der Waals surface area contributed by atoms with Gasteiger partial charge in [0.05, 0.1) is 0 Å². The number of nitrogens with zero attached hydrogens (tertiary/aromatic N) is 1. The van der Waals surface area contributed by atoms with Crippen LogP contribution in [0.2, 0.25) is 0 Å². The van der Waals surface area contributed by atoms with E-state index in [0.29, 0.717) is 0 Å². The molecule has 0 atom stereocenters. The number of hydrogen-bond acceptors (Lipinski definition) is 2. The van der Waals surface area contributed by atoms with Gasteiger partial charge in [0.15, 0.2) is 0 Å². The quantitative estimate of drug-likeness (QED) is 0.837. The van der Waals surface area contributed by atoms with Crippen LogP contribution in [0.15, 0.2) is 18.2 Å². The fraction of sp³-hybridized carbons (Fsp3) is 0.533. The Morgan fingerprint density at radius 3 is 2.39 bits per heavy atom. The van der Waals surface area contributed by atoms with E-state index in [9.17, 15) is 4.79 Å². The van der Waals surface area contributed by atoms with E-state index in [1.54, 1.807) is 0 Å². The van der Waals surface area contributed by atoms with Gasteiger partial charge in [-0.3, -0.25) is 4.79 Å². The highest BCUT2D eigenvalue weighted by Crippen LogP contribution is 2.17. The largest absolute Gasteiger partial charge is 0.385 e. The van der Waals surface area contributed by atoms with E-state index in [1.165, 1.54) is 0 Å². The molecular weight excluding hydrogens is 224 g/mol. The number of carbonyl (C=O) groups is 1. The van der Waals surface area contributed by atoms with Crippen molar-refractivity contribution in [3.63, 3.8) is 0 Å². The van der Waals surface area contributed by atoms with Crippen LogP contribution in [-0.2, 0) is 0 Å². The smallest absolute Gasteiger partial charge is 0.253 e. The number of nitrogens with one attached hydrogen (secondary N) is 1. The normalized spacial score (nSPS) is 10.2. The first-order valence-corrected chi connectivity index (χ1v) is 6.77. The maximum atomic E-state index is 12.2. The summed E-state index contributed by atoms with van der Waals surface area (Å²) in [5, 5.41) is 3.36. The lowest BCUT2D eigenvalue weighted by Crippen LogP contribution is -2.30. The third-order valence-electron chi connectivity index (χ3n) is 3.09. The fourth-order valence-corrected chi connectivity index (χ4v) is 1.95. The van der Waals surface area contributed by atoms with E-state index >= 15 is 0 Å². The Hall–Kier alpha value is -1.51. The van der Waals surface area contributed by atoms with Crippen LogP contribution in [0.1, 0.15) is 43.1 Å². The Bertz CT molecular complexity index is 397. The van der Waals surface area contributed by atoms with Crippen LogP contribution in [0.4, 0.5) is 5.69 Å². The predicted octanol–water partition coefficient (Wildman–Crippen LogP) is 3.30. The molecule has 0 spiro atoms. The number of benzene rings is 1. The van der Waals surface area contributed by atoms with Crippen LogP contribution in [0.25, 0.3) is 0 Å². The number of hydrogen-bond donors (Lipinski definition) is 1. The van der Waals surface area contributed by atoms with Crippen LogP contribution in [0.3, 0.4) is 0 Å². The van der Waals surface area contributed by atoms with Crippen LogP contribution in [0.5, 0.6) is 0 Å². The Kier molecular flexibility index (Phi) is 5.69. The molecule has 3 heteroatoms. The monoisotopic (exact) mass is 248 g/mol. The summed E-state index contributed by atoms with van der Waals surface area (Å²) in [6.07, 6.45) is 1.10. The molecular formula is C15H24N2O. The molecule has 0 heterocycles. The van der Waals surface area contributed by atoms with E-state index in [1.807, 2.05) is 43.9 Å². The molecule has 1 rings (SSSR count). The first kappa shape index (κ1) is 14.6. The number of rotatable bonds is 6. The minimum atomic E-state index is 0.116. The molecule has 0 aliphatic heterocycles. The third kappa shape index (κ3) is 3.49. The van der Waals surface area contributed by atoms with Crippen molar-refractivity contribution >= 4 is 11.6 Å². The zero-order chi connectivity index (χ0) is 13.5. The van der Waals surface area contributed by atoms with Crippen molar-refractivity contribution < 1.29 is 4.79 Å². The lowest BCUT2D eigenvalue weighted by atomic mass is 10.1. The summed E-state index contributed by atoms with van der Waals surface area (Å²) < 4.78 is 0. The Morgan fingerprint density at radius 1 is 1.22 bits per heavy atom. The molecule has 0 aliphatic carbocycles. The summed E-state index contributed by atoms with van der Waals surface area (Å²) in [7, 11) is 0. The van der Waals surface area contributed by atoms with Crippen molar-refractivity contribution in [1.29, 1.82) is 0 Å². The highest BCUT2D eigenvalue weighted by atomic mass is 16.2. The molecule has 0 unspecified atom stereocenters. The van der Waals surface area contributed by atoms with Crippen molar-refractivity contribution in [3.05, 3.63) is 29.3 Å².